The second-order valence-corrected chi connectivity index (χ2v) is 6.66. The van der Waals surface area contributed by atoms with Gasteiger partial charge >= 0.3 is 5.69 Å². The molecule has 0 aromatic heterocycles. The van der Waals surface area contributed by atoms with Gasteiger partial charge in [-0.3, -0.25) is 9.78 Å². The van der Waals surface area contributed by atoms with Crippen LogP contribution in [0.2, 0.25) is 5.02 Å². The smallest absolute Gasteiger partial charge is 0.349 e. The molecule has 2 aromatic rings. The van der Waals surface area contributed by atoms with Gasteiger partial charge in [0.05, 0.1) is 17.6 Å². The van der Waals surface area contributed by atoms with Crippen LogP contribution < -0.4 is 16.0 Å². The average molecular weight is 397 g/mol. The molecule has 0 unspecified atom stereocenters. The fraction of sp³-hybridized carbons (Fsp3) is 0.200. The fourth-order valence-electron chi connectivity index (χ4n) is 3.13. The Balaban J connectivity index is 1.86. The van der Waals surface area contributed by atoms with Gasteiger partial charge in [0, 0.05) is 5.02 Å². The Bertz CT molecular complexity index is 1230. The van der Waals surface area contributed by atoms with Crippen molar-refractivity contribution in [2.24, 2.45) is 0 Å². The molecule has 0 fully saturated rings. The molecule has 0 saturated carbocycles. The topological polar surface area (TPSA) is 89.9 Å². The molecule has 0 spiro atoms. The van der Waals surface area contributed by atoms with Crippen molar-refractivity contribution < 1.29 is 4.74 Å². The predicted molar refractivity (Wildman–Crippen MR) is 107 cm³/mol. The standard InChI is InChI=1S/C20H17ClN4O3/c1-2-12-10-16-15(11-14(12)21)22-17-18(23-20(27)24-19(17)26)25(16)8-9-28-13-6-4-3-5-7-13/h3-7,10-11H,2,8-9H2,1H3,(H,24,26,27). The fourth-order valence-corrected chi connectivity index (χ4v) is 3.42. The average Bonchev–Trinajstić information content (AvgIpc) is 2.68. The van der Waals surface area contributed by atoms with E-state index in [1.807, 2.05) is 43.3 Å². The number of rotatable bonds is 5. The van der Waals surface area contributed by atoms with Gasteiger partial charge in [0.15, 0.2) is 11.5 Å². The summed E-state index contributed by atoms with van der Waals surface area (Å²) in [5.74, 6) is 0.959. The zero-order valence-corrected chi connectivity index (χ0v) is 15.9. The summed E-state index contributed by atoms with van der Waals surface area (Å²) < 4.78 is 7.57. The van der Waals surface area contributed by atoms with Crippen LogP contribution in [0.25, 0.3) is 22.6 Å². The number of benzene rings is 2. The van der Waals surface area contributed by atoms with Gasteiger partial charge in [-0.25, -0.2) is 9.78 Å². The second kappa shape index (κ2) is 7.44. The summed E-state index contributed by atoms with van der Waals surface area (Å²) >= 11 is 6.33. The maximum Gasteiger partial charge on any atom is 0.349 e. The van der Waals surface area contributed by atoms with Gasteiger partial charge in [-0.2, -0.15) is 4.98 Å². The maximum absolute atomic E-state index is 12.3. The third-order valence-corrected chi connectivity index (χ3v) is 4.84. The number of H-pyrrole nitrogens is 1. The third-order valence-electron chi connectivity index (χ3n) is 4.48. The van der Waals surface area contributed by atoms with E-state index in [1.54, 1.807) is 10.6 Å². The van der Waals surface area contributed by atoms with Gasteiger partial charge in [-0.05, 0) is 36.2 Å². The number of fused-ring (bicyclic) bond motifs is 2. The van der Waals surface area contributed by atoms with Crippen LogP contribution in [-0.4, -0.2) is 26.1 Å². The van der Waals surface area contributed by atoms with Gasteiger partial charge in [-0.1, -0.05) is 36.7 Å². The normalized spacial score (nSPS) is 11.2. The molecule has 2 aliphatic rings. The lowest BCUT2D eigenvalue weighted by molar-refractivity contribution is 0.300. The number of ether oxygens (including phenoxy) is 1. The van der Waals surface area contributed by atoms with Gasteiger partial charge in [0.2, 0.25) is 0 Å². The molecule has 2 aromatic carbocycles. The van der Waals surface area contributed by atoms with Crippen molar-refractivity contribution in [3.8, 4) is 17.3 Å². The zero-order valence-electron chi connectivity index (χ0n) is 15.1. The number of nitrogens with zero attached hydrogens (tertiary/aromatic N) is 3. The van der Waals surface area contributed by atoms with E-state index in [1.165, 1.54) is 0 Å². The van der Waals surface area contributed by atoms with Gasteiger partial charge in [0.25, 0.3) is 5.56 Å². The minimum absolute atomic E-state index is 0.0899. The number of aromatic amines is 1. The molecule has 142 valence electrons. The molecule has 0 atom stereocenters. The molecular formula is C20H17ClN4O3. The summed E-state index contributed by atoms with van der Waals surface area (Å²) in [4.78, 5) is 34.6. The van der Waals surface area contributed by atoms with E-state index >= 15 is 0 Å². The first kappa shape index (κ1) is 18.2. The Hall–Kier alpha value is -3.19. The lowest BCUT2D eigenvalue weighted by Gasteiger charge is -2.18. The first-order valence-corrected chi connectivity index (χ1v) is 9.25. The van der Waals surface area contributed by atoms with E-state index < -0.39 is 11.2 Å². The highest BCUT2D eigenvalue weighted by molar-refractivity contribution is 6.32. The Kier molecular flexibility index (Phi) is 4.83. The van der Waals surface area contributed by atoms with Crippen LogP contribution in [0.1, 0.15) is 12.5 Å². The summed E-state index contributed by atoms with van der Waals surface area (Å²) in [7, 11) is 0. The van der Waals surface area contributed by atoms with Crippen molar-refractivity contribution in [2.75, 3.05) is 6.61 Å². The quantitative estimate of drug-likeness (QED) is 0.524. The summed E-state index contributed by atoms with van der Waals surface area (Å²) in [6, 6.07) is 13.1. The van der Waals surface area contributed by atoms with E-state index in [0.717, 1.165) is 23.3 Å². The molecule has 0 saturated heterocycles. The molecule has 0 bridgehead atoms. The van der Waals surface area contributed by atoms with Crippen LogP contribution >= 0.6 is 11.6 Å². The third kappa shape index (κ3) is 3.36. The van der Waals surface area contributed by atoms with Crippen molar-refractivity contribution >= 4 is 22.6 Å². The van der Waals surface area contributed by atoms with Crippen molar-refractivity contribution in [3.63, 3.8) is 0 Å². The highest BCUT2D eigenvalue weighted by atomic mass is 35.5. The number of halogens is 1. The number of hydrogen-bond acceptors (Lipinski definition) is 5. The van der Waals surface area contributed by atoms with E-state index in [9.17, 15) is 9.59 Å². The van der Waals surface area contributed by atoms with Crippen molar-refractivity contribution in [1.82, 2.24) is 19.5 Å². The lowest BCUT2D eigenvalue weighted by atomic mass is 10.1. The molecule has 0 aliphatic carbocycles. The lowest BCUT2D eigenvalue weighted by Crippen LogP contribution is -2.29. The van der Waals surface area contributed by atoms with Crippen LogP contribution in [-0.2, 0) is 13.0 Å². The first-order valence-electron chi connectivity index (χ1n) is 8.87. The molecule has 0 amide bonds. The molecule has 28 heavy (non-hydrogen) atoms. The Labute approximate surface area is 164 Å². The Morgan fingerprint density at radius 2 is 1.93 bits per heavy atom. The molecule has 0 radical (unpaired) electrons. The van der Waals surface area contributed by atoms with Crippen molar-refractivity contribution in [3.05, 3.63) is 73.9 Å². The van der Waals surface area contributed by atoms with E-state index in [4.69, 9.17) is 16.3 Å². The van der Waals surface area contributed by atoms with Crippen molar-refractivity contribution in [2.45, 2.75) is 19.9 Å². The number of para-hydroxylation sites is 1. The number of nitrogens with one attached hydrogen (secondary N) is 1. The summed E-state index contributed by atoms with van der Waals surface area (Å²) in [6.45, 7) is 2.71. The van der Waals surface area contributed by atoms with E-state index in [0.29, 0.717) is 23.7 Å². The highest BCUT2D eigenvalue weighted by Gasteiger charge is 2.19. The summed E-state index contributed by atoms with van der Waals surface area (Å²) in [6.07, 6.45) is 0.739. The molecule has 1 N–H and O–H groups in total. The Morgan fingerprint density at radius 1 is 1.14 bits per heavy atom. The molecule has 7 nitrogen and oxygen atoms in total. The molecule has 2 aliphatic heterocycles. The molecule has 2 heterocycles. The minimum atomic E-state index is -0.707. The molecule has 8 heteroatoms. The maximum atomic E-state index is 12.3. The monoisotopic (exact) mass is 396 g/mol. The SMILES string of the molecule is CCc1cc2c(cc1Cl)nc1c(=O)[nH]c(=O)nc-1n2CCOc1ccccc1. The largest absolute Gasteiger partial charge is 0.492 e. The highest BCUT2D eigenvalue weighted by Crippen LogP contribution is 2.27. The first-order chi connectivity index (χ1) is 13.6. The second-order valence-electron chi connectivity index (χ2n) is 6.25. The van der Waals surface area contributed by atoms with Crippen LogP contribution in [0.3, 0.4) is 0 Å². The van der Waals surface area contributed by atoms with Crippen LogP contribution in [0, 0.1) is 0 Å². The minimum Gasteiger partial charge on any atom is -0.492 e. The van der Waals surface area contributed by atoms with Gasteiger partial charge in [0.1, 0.15) is 12.4 Å². The van der Waals surface area contributed by atoms with Gasteiger partial charge in [-0.15, -0.1) is 0 Å². The van der Waals surface area contributed by atoms with Gasteiger partial charge < -0.3 is 9.30 Å². The summed E-state index contributed by atoms with van der Waals surface area (Å²) in [5.41, 5.74) is 1.04. The Morgan fingerprint density at radius 3 is 2.68 bits per heavy atom. The van der Waals surface area contributed by atoms with Crippen LogP contribution in [0.4, 0.5) is 0 Å². The number of aromatic nitrogens is 4. The van der Waals surface area contributed by atoms with Crippen molar-refractivity contribution in [1.29, 1.82) is 0 Å². The zero-order chi connectivity index (χ0) is 19.7. The summed E-state index contributed by atoms with van der Waals surface area (Å²) in [5, 5.41) is 0.582. The van der Waals surface area contributed by atoms with Crippen LogP contribution in [0.5, 0.6) is 5.75 Å². The van der Waals surface area contributed by atoms with E-state index in [-0.39, 0.29) is 11.5 Å². The van der Waals surface area contributed by atoms with Crippen LogP contribution in [0.15, 0.2) is 52.1 Å². The number of hydrogen-bond donors (Lipinski definition) is 1. The molecule has 4 rings (SSSR count). The van der Waals surface area contributed by atoms with E-state index in [2.05, 4.69) is 15.0 Å². The predicted octanol–water partition coefficient (Wildman–Crippen LogP) is 2.88. The number of aryl methyl sites for hydroxylation is 1. The molecular weight excluding hydrogens is 380 g/mol.